The second-order valence-corrected chi connectivity index (χ2v) is 5.78. The number of anilines is 1. The van der Waals surface area contributed by atoms with Crippen LogP contribution in [0.1, 0.15) is 11.3 Å². The van der Waals surface area contributed by atoms with E-state index in [4.69, 9.17) is 16.3 Å². The van der Waals surface area contributed by atoms with Gasteiger partial charge >= 0.3 is 0 Å². The van der Waals surface area contributed by atoms with Gasteiger partial charge in [0, 0.05) is 21.6 Å². The molecular formula is C18H17ClN2O2. The number of aryl methyl sites for hydroxylation is 1. The van der Waals surface area contributed by atoms with E-state index in [0.29, 0.717) is 16.5 Å². The summed E-state index contributed by atoms with van der Waals surface area (Å²) < 4.78 is 5.25. The number of para-hydroxylation sites is 2. The molecule has 0 bridgehead atoms. The summed E-state index contributed by atoms with van der Waals surface area (Å²) in [6.45, 7) is 1.96. The van der Waals surface area contributed by atoms with Gasteiger partial charge in [0.25, 0.3) is 0 Å². The van der Waals surface area contributed by atoms with Crippen LogP contribution in [-0.2, 0) is 11.2 Å². The van der Waals surface area contributed by atoms with Crippen LogP contribution in [0.15, 0.2) is 42.5 Å². The zero-order valence-corrected chi connectivity index (χ0v) is 13.7. The van der Waals surface area contributed by atoms with Crippen LogP contribution < -0.4 is 10.1 Å². The van der Waals surface area contributed by atoms with Crippen molar-refractivity contribution in [1.29, 1.82) is 0 Å². The average molecular weight is 329 g/mol. The number of nitrogens with one attached hydrogen (secondary N) is 2. The number of benzene rings is 2. The molecule has 0 radical (unpaired) electrons. The Morgan fingerprint density at radius 2 is 2.04 bits per heavy atom. The van der Waals surface area contributed by atoms with Crippen LogP contribution in [-0.4, -0.2) is 18.0 Å². The van der Waals surface area contributed by atoms with Gasteiger partial charge < -0.3 is 15.0 Å². The predicted molar refractivity (Wildman–Crippen MR) is 93.4 cm³/mol. The van der Waals surface area contributed by atoms with Crippen LogP contribution in [0.3, 0.4) is 0 Å². The molecule has 2 aromatic carbocycles. The highest BCUT2D eigenvalue weighted by molar-refractivity contribution is 6.31. The van der Waals surface area contributed by atoms with Gasteiger partial charge in [-0.15, -0.1) is 0 Å². The minimum absolute atomic E-state index is 0.0986. The number of ether oxygens (including phenoxy) is 1. The number of rotatable bonds is 4. The molecule has 0 aliphatic carbocycles. The molecule has 0 fully saturated rings. The third-order valence-corrected chi connectivity index (χ3v) is 4.04. The van der Waals surface area contributed by atoms with Crippen LogP contribution in [0.2, 0.25) is 5.02 Å². The summed E-state index contributed by atoms with van der Waals surface area (Å²) in [5.41, 5.74) is 3.56. The van der Waals surface area contributed by atoms with Crippen molar-refractivity contribution in [2.24, 2.45) is 0 Å². The minimum Gasteiger partial charge on any atom is -0.495 e. The maximum Gasteiger partial charge on any atom is 0.228 e. The highest BCUT2D eigenvalue weighted by Gasteiger charge is 2.14. The largest absolute Gasteiger partial charge is 0.495 e. The molecule has 5 heteroatoms. The number of aromatic nitrogens is 1. The van der Waals surface area contributed by atoms with Crippen LogP contribution in [0, 0.1) is 6.92 Å². The monoisotopic (exact) mass is 328 g/mol. The number of carbonyl (C=O) groups is 1. The Balaban J connectivity index is 1.86. The lowest BCUT2D eigenvalue weighted by Crippen LogP contribution is -2.15. The molecule has 0 saturated heterocycles. The van der Waals surface area contributed by atoms with Gasteiger partial charge in [-0.1, -0.05) is 23.7 Å². The summed E-state index contributed by atoms with van der Waals surface area (Å²) in [6, 6.07) is 13.0. The number of hydrogen-bond donors (Lipinski definition) is 2. The maximum atomic E-state index is 12.4. The molecule has 1 aromatic heterocycles. The number of aromatic amines is 1. The number of methoxy groups -OCH3 is 1. The van der Waals surface area contributed by atoms with Gasteiger partial charge in [0.15, 0.2) is 0 Å². The summed E-state index contributed by atoms with van der Waals surface area (Å²) in [4.78, 5) is 15.7. The van der Waals surface area contributed by atoms with E-state index in [1.54, 1.807) is 7.11 Å². The van der Waals surface area contributed by atoms with Gasteiger partial charge in [-0.2, -0.15) is 0 Å². The lowest BCUT2D eigenvalue weighted by atomic mass is 10.1. The van der Waals surface area contributed by atoms with E-state index < -0.39 is 0 Å². The van der Waals surface area contributed by atoms with E-state index in [9.17, 15) is 4.79 Å². The van der Waals surface area contributed by atoms with Gasteiger partial charge in [-0.3, -0.25) is 4.79 Å². The van der Waals surface area contributed by atoms with Crippen molar-refractivity contribution in [3.63, 3.8) is 0 Å². The lowest BCUT2D eigenvalue weighted by molar-refractivity contribution is -0.115. The Hall–Kier alpha value is -2.46. The molecule has 3 rings (SSSR count). The Morgan fingerprint density at radius 1 is 1.26 bits per heavy atom. The molecule has 0 aliphatic rings. The number of fused-ring (bicyclic) bond motifs is 1. The smallest absolute Gasteiger partial charge is 0.228 e. The Labute approximate surface area is 139 Å². The Morgan fingerprint density at radius 3 is 2.83 bits per heavy atom. The van der Waals surface area contributed by atoms with Crippen molar-refractivity contribution in [1.82, 2.24) is 4.98 Å². The summed E-state index contributed by atoms with van der Waals surface area (Å²) in [6.07, 6.45) is 0.268. The van der Waals surface area contributed by atoms with Crippen LogP contribution in [0.4, 0.5) is 5.69 Å². The fourth-order valence-corrected chi connectivity index (χ4v) is 2.86. The van der Waals surface area contributed by atoms with Crippen molar-refractivity contribution in [3.8, 4) is 5.75 Å². The Kier molecular flexibility index (Phi) is 4.26. The predicted octanol–water partition coefficient (Wildman–Crippen LogP) is 4.32. The first-order valence-corrected chi connectivity index (χ1v) is 7.66. The molecule has 0 unspecified atom stereocenters. The molecule has 0 spiro atoms. The first-order chi connectivity index (χ1) is 11.1. The number of halogens is 1. The van der Waals surface area contributed by atoms with E-state index >= 15 is 0 Å². The fourth-order valence-electron chi connectivity index (χ4n) is 2.69. The third-order valence-electron chi connectivity index (χ3n) is 3.80. The van der Waals surface area contributed by atoms with Crippen LogP contribution >= 0.6 is 11.6 Å². The molecule has 0 saturated carbocycles. The SMILES string of the molecule is COc1ccccc1NC(=O)Cc1c(C)[nH]c2ccc(Cl)cc12. The van der Waals surface area contributed by atoms with E-state index in [0.717, 1.165) is 22.2 Å². The third kappa shape index (κ3) is 3.17. The summed E-state index contributed by atoms with van der Waals surface area (Å²) in [5.74, 6) is 0.540. The molecule has 0 atom stereocenters. The quantitative estimate of drug-likeness (QED) is 0.749. The van der Waals surface area contributed by atoms with Gasteiger partial charge in [-0.25, -0.2) is 0 Å². The molecule has 3 aromatic rings. The van der Waals surface area contributed by atoms with Crippen LogP contribution in [0.25, 0.3) is 10.9 Å². The van der Waals surface area contributed by atoms with E-state index in [-0.39, 0.29) is 12.3 Å². The topological polar surface area (TPSA) is 54.1 Å². The van der Waals surface area contributed by atoms with E-state index in [2.05, 4.69) is 10.3 Å². The molecular weight excluding hydrogens is 312 g/mol. The zero-order valence-electron chi connectivity index (χ0n) is 12.9. The molecule has 118 valence electrons. The number of H-pyrrole nitrogens is 1. The van der Waals surface area contributed by atoms with Gasteiger partial charge in [-0.05, 0) is 42.8 Å². The first kappa shape index (κ1) is 15.4. The van der Waals surface area contributed by atoms with Crippen molar-refractivity contribution in [2.45, 2.75) is 13.3 Å². The molecule has 4 nitrogen and oxygen atoms in total. The Bertz CT molecular complexity index is 871. The second kappa shape index (κ2) is 6.34. The van der Waals surface area contributed by atoms with Gasteiger partial charge in [0.1, 0.15) is 5.75 Å². The lowest BCUT2D eigenvalue weighted by Gasteiger charge is -2.10. The number of carbonyl (C=O) groups excluding carboxylic acids is 1. The molecule has 2 N–H and O–H groups in total. The zero-order chi connectivity index (χ0) is 16.4. The summed E-state index contributed by atoms with van der Waals surface area (Å²) in [7, 11) is 1.58. The van der Waals surface area contributed by atoms with Crippen molar-refractivity contribution in [3.05, 3.63) is 58.7 Å². The number of hydrogen-bond acceptors (Lipinski definition) is 2. The van der Waals surface area contributed by atoms with Crippen molar-refractivity contribution in [2.75, 3.05) is 12.4 Å². The van der Waals surface area contributed by atoms with Crippen molar-refractivity contribution >= 4 is 34.1 Å². The van der Waals surface area contributed by atoms with Crippen molar-refractivity contribution < 1.29 is 9.53 Å². The fraction of sp³-hybridized carbons (Fsp3) is 0.167. The molecule has 0 aliphatic heterocycles. The highest BCUT2D eigenvalue weighted by Crippen LogP contribution is 2.27. The molecule has 23 heavy (non-hydrogen) atoms. The summed E-state index contributed by atoms with van der Waals surface area (Å²) in [5, 5.41) is 4.53. The van der Waals surface area contributed by atoms with Gasteiger partial charge in [0.05, 0.1) is 19.2 Å². The van der Waals surface area contributed by atoms with Gasteiger partial charge in [0.2, 0.25) is 5.91 Å². The molecule has 1 amide bonds. The van der Waals surface area contributed by atoms with E-state index in [1.165, 1.54) is 0 Å². The second-order valence-electron chi connectivity index (χ2n) is 5.34. The minimum atomic E-state index is -0.0986. The first-order valence-electron chi connectivity index (χ1n) is 7.28. The highest BCUT2D eigenvalue weighted by atomic mass is 35.5. The van der Waals surface area contributed by atoms with E-state index in [1.807, 2.05) is 49.4 Å². The molecule has 1 heterocycles. The standard InChI is InChI=1S/C18H17ClN2O2/c1-11-13(14-9-12(19)7-8-15(14)20-11)10-18(22)21-16-5-3-4-6-17(16)23-2/h3-9,20H,10H2,1-2H3,(H,21,22). The summed E-state index contributed by atoms with van der Waals surface area (Å²) >= 11 is 6.07. The average Bonchev–Trinajstić information content (AvgIpc) is 2.83. The number of amides is 1. The van der Waals surface area contributed by atoms with Crippen LogP contribution in [0.5, 0.6) is 5.75 Å². The maximum absolute atomic E-state index is 12.4. The normalized spacial score (nSPS) is 10.7.